The lowest BCUT2D eigenvalue weighted by molar-refractivity contribution is -0.109. The van der Waals surface area contributed by atoms with Crippen molar-refractivity contribution in [3.8, 4) is 0 Å². The van der Waals surface area contributed by atoms with Gasteiger partial charge in [0.15, 0.2) is 0 Å². The molecule has 0 bridgehead atoms. The van der Waals surface area contributed by atoms with Crippen LogP contribution in [0.4, 0.5) is 0 Å². The van der Waals surface area contributed by atoms with E-state index in [0.29, 0.717) is 0 Å². The highest BCUT2D eigenvalue weighted by atomic mass is 16.5. The number of nitrogens with one attached hydrogen (secondary N) is 1. The Hall–Kier alpha value is -0.840. The molecule has 0 aromatic carbocycles. The summed E-state index contributed by atoms with van der Waals surface area (Å²) in [6.45, 7) is 1.54. The van der Waals surface area contributed by atoms with Gasteiger partial charge in [0.2, 0.25) is 0 Å². The average molecular weight is 239 g/mol. The SMILES string of the molecule is CNC(Cc1ccco1)C1(OC)CCOCC1. The van der Waals surface area contributed by atoms with Crippen LogP contribution in [0.1, 0.15) is 18.6 Å². The minimum atomic E-state index is -0.139. The molecule has 1 aromatic rings. The summed E-state index contributed by atoms with van der Waals surface area (Å²) in [5.74, 6) is 0.993. The molecular weight excluding hydrogens is 218 g/mol. The molecule has 2 rings (SSSR count). The standard InChI is InChI=1S/C13H21NO3/c1-14-12(10-11-4-3-7-17-11)13(15-2)5-8-16-9-6-13/h3-4,7,12,14H,5-6,8-10H2,1-2H3. The van der Waals surface area contributed by atoms with E-state index in [4.69, 9.17) is 13.9 Å². The van der Waals surface area contributed by atoms with E-state index in [0.717, 1.165) is 38.2 Å². The molecule has 0 amide bonds. The zero-order chi connectivity index (χ0) is 12.1. The third kappa shape index (κ3) is 2.70. The van der Waals surface area contributed by atoms with Gasteiger partial charge in [0.05, 0.1) is 11.9 Å². The summed E-state index contributed by atoms with van der Waals surface area (Å²) in [4.78, 5) is 0. The van der Waals surface area contributed by atoms with Crippen LogP contribution in [0.5, 0.6) is 0 Å². The molecule has 2 heterocycles. The molecule has 1 unspecified atom stereocenters. The third-order valence-corrected chi connectivity index (χ3v) is 3.71. The van der Waals surface area contributed by atoms with E-state index in [2.05, 4.69) is 5.32 Å². The lowest BCUT2D eigenvalue weighted by Gasteiger charge is -2.42. The number of likely N-dealkylation sites (N-methyl/N-ethyl adjacent to an activating group) is 1. The first-order valence-corrected chi connectivity index (χ1v) is 6.13. The summed E-state index contributed by atoms with van der Waals surface area (Å²) in [5, 5.41) is 3.36. The molecule has 17 heavy (non-hydrogen) atoms. The van der Waals surface area contributed by atoms with E-state index in [1.807, 2.05) is 19.2 Å². The molecule has 0 saturated carbocycles. The Kier molecular flexibility index (Phi) is 4.20. The zero-order valence-corrected chi connectivity index (χ0v) is 10.6. The highest BCUT2D eigenvalue weighted by molar-refractivity contribution is 5.05. The molecule has 1 aromatic heterocycles. The van der Waals surface area contributed by atoms with E-state index in [9.17, 15) is 0 Å². The molecular formula is C13H21NO3. The molecule has 0 aliphatic carbocycles. The molecule has 0 radical (unpaired) electrons. The van der Waals surface area contributed by atoms with Gasteiger partial charge in [-0.3, -0.25) is 0 Å². The predicted octanol–water partition coefficient (Wildman–Crippen LogP) is 1.61. The second-order valence-electron chi connectivity index (χ2n) is 4.51. The number of methoxy groups -OCH3 is 1. The first kappa shape index (κ1) is 12.6. The second-order valence-corrected chi connectivity index (χ2v) is 4.51. The molecule has 96 valence electrons. The van der Waals surface area contributed by atoms with Crippen LogP contribution in [0.2, 0.25) is 0 Å². The Labute approximate surface area is 102 Å². The Morgan fingerprint density at radius 2 is 2.24 bits per heavy atom. The van der Waals surface area contributed by atoms with Crippen molar-refractivity contribution >= 4 is 0 Å². The van der Waals surface area contributed by atoms with Gasteiger partial charge in [-0.25, -0.2) is 0 Å². The second kappa shape index (κ2) is 5.67. The molecule has 0 spiro atoms. The van der Waals surface area contributed by atoms with Crippen molar-refractivity contribution in [2.45, 2.75) is 30.9 Å². The van der Waals surface area contributed by atoms with Gasteiger partial charge in [-0.05, 0) is 19.2 Å². The topological polar surface area (TPSA) is 43.6 Å². The molecule has 4 nitrogen and oxygen atoms in total. The number of hydrogen-bond acceptors (Lipinski definition) is 4. The Morgan fingerprint density at radius 3 is 2.76 bits per heavy atom. The largest absolute Gasteiger partial charge is 0.469 e. The first-order valence-electron chi connectivity index (χ1n) is 6.13. The van der Waals surface area contributed by atoms with Crippen LogP contribution in [-0.4, -0.2) is 39.0 Å². The van der Waals surface area contributed by atoms with Gasteiger partial charge in [0.1, 0.15) is 5.76 Å². The molecule has 1 saturated heterocycles. The maximum absolute atomic E-state index is 5.80. The highest BCUT2D eigenvalue weighted by Gasteiger charge is 2.40. The monoisotopic (exact) mass is 239 g/mol. The summed E-state index contributed by atoms with van der Waals surface area (Å²) in [5.41, 5.74) is -0.139. The lowest BCUT2D eigenvalue weighted by atomic mass is 9.83. The fourth-order valence-electron chi connectivity index (χ4n) is 2.59. The van der Waals surface area contributed by atoms with Crippen molar-refractivity contribution in [2.24, 2.45) is 0 Å². The van der Waals surface area contributed by atoms with Crippen LogP contribution >= 0.6 is 0 Å². The summed E-state index contributed by atoms with van der Waals surface area (Å²) in [7, 11) is 3.77. The summed E-state index contributed by atoms with van der Waals surface area (Å²) >= 11 is 0. The van der Waals surface area contributed by atoms with Crippen LogP contribution in [0.25, 0.3) is 0 Å². The summed E-state index contributed by atoms with van der Waals surface area (Å²) < 4.78 is 16.6. The quantitative estimate of drug-likeness (QED) is 0.847. The maximum Gasteiger partial charge on any atom is 0.105 e. The highest BCUT2D eigenvalue weighted by Crippen LogP contribution is 2.30. The number of hydrogen-bond donors (Lipinski definition) is 1. The average Bonchev–Trinajstić information content (AvgIpc) is 2.89. The number of ether oxygens (including phenoxy) is 2. The van der Waals surface area contributed by atoms with Crippen molar-refractivity contribution in [3.63, 3.8) is 0 Å². The van der Waals surface area contributed by atoms with Crippen LogP contribution in [0, 0.1) is 0 Å². The van der Waals surface area contributed by atoms with Gasteiger partial charge in [0, 0.05) is 45.6 Å². The van der Waals surface area contributed by atoms with Crippen molar-refractivity contribution in [3.05, 3.63) is 24.2 Å². The first-order chi connectivity index (χ1) is 8.30. The summed E-state index contributed by atoms with van der Waals surface area (Å²) in [6, 6.07) is 4.18. The lowest BCUT2D eigenvalue weighted by Crippen LogP contribution is -2.55. The van der Waals surface area contributed by atoms with Gasteiger partial charge < -0.3 is 19.2 Å². The number of rotatable bonds is 5. The van der Waals surface area contributed by atoms with Crippen LogP contribution in [0.15, 0.2) is 22.8 Å². The van der Waals surface area contributed by atoms with Gasteiger partial charge in [-0.1, -0.05) is 0 Å². The van der Waals surface area contributed by atoms with Crippen LogP contribution in [0.3, 0.4) is 0 Å². The van der Waals surface area contributed by atoms with Gasteiger partial charge >= 0.3 is 0 Å². The van der Waals surface area contributed by atoms with Crippen LogP contribution < -0.4 is 5.32 Å². The Bertz CT molecular complexity index is 317. The molecule has 4 heteroatoms. The fourth-order valence-corrected chi connectivity index (χ4v) is 2.59. The van der Waals surface area contributed by atoms with Crippen molar-refractivity contribution in [1.29, 1.82) is 0 Å². The Morgan fingerprint density at radius 1 is 1.47 bits per heavy atom. The molecule has 1 atom stereocenters. The van der Waals surface area contributed by atoms with Gasteiger partial charge in [-0.2, -0.15) is 0 Å². The normalized spacial score (nSPS) is 21.3. The van der Waals surface area contributed by atoms with Crippen molar-refractivity contribution in [2.75, 3.05) is 27.4 Å². The van der Waals surface area contributed by atoms with Crippen molar-refractivity contribution < 1.29 is 13.9 Å². The fraction of sp³-hybridized carbons (Fsp3) is 0.692. The molecule has 1 N–H and O–H groups in total. The molecule has 1 fully saturated rings. The van der Waals surface area contributed by atoms with E-state index >= 15 is 0 Å². The van der Waals surface area contributed by atoms with Crippen LogP contribution in [-0.2, 0) is 15.9 Å². The minimum absolute atomic E-state index is 0.139. The zero-order valence-electron chi connectivity index (χ0n) is 10.6. The van der Waals surface area contributed by atoms with E-state index in [1.54, 1.807) is 13.4 Å². The third-order valence-electron chi connectivity index (χ3n) is 3.71. The Balaban J connectivity index is 2.09. The smallest absolute Gasteiger partial charge is 0.105 e. The van der Waals surface area contributed by atoms with E-state index in [-0.39, 0.29) is 11.6 Å². The number of furan rings is 1. The maximum atomic E-state index is 5.80. The van der Waals surface area contributed by atoms with Gasteiger partial charge in [0.25, 0.3) is 0 Å². The van der Waals surface area contributed by atoms with Gasteiger partial charge in [-0.15, -0.1) is 0 Å². The van der Waals surface area contributed by atoms with E-state index < -0.39 is 0 Å². The molecule has 1 aliphatic rings. The molecule has 1 aliphatic heterocycles. The predicted molar refractivity (Wildman–Crippen MR) is 65.1 cm³/mol. The minimum Gasteiger partial charge on any atom is -0.469 e. The van der Waals surface area contributed by atoms with Crippen molar-refractivity contribution in [1.82, 2.24) is 5.32 Å². The summed E-state index contributed by atoms with van der Waals surface area (Å²) in [6.07, 6.45) is 4.41. The van der Waals surface area contributed by atoms with E-state index in [1.165, 1.54) is 0 Å².